The molecular weight excluding hydrogens is 194 g/mol. The monoisotopic (exact) mass is 217 g/mol. The minimum atomic E-state index is 1.08. The molecule has 0 saturated carbocycles. The van der Waals surface area contributed by atoms with Gasteiger partial charge >= 0.3 is 0 Å². The zero-order valence-corrected chi connectivity index (χ0v) is 10.4. The molecule has 0 aliphatic carbocycles. The van der Waals surface area contributed by atoms with Crippen molar-refractivity contribution in [1.29, 1.82) is 0 Å². The number of nitrogens with zero attached hydrogens (tertiary/aromatic N) is 1. The highest BCUT2D eigenvalue weighted by atomic mass is 15.1. The van der Waals surface area contributed by atoms with E-state index in [9.17, 15) is 0 Å². The summed E-state index contributed by atoms with van der Waals surface area (Å²) in [5, 5.41) is 0. The molecule has 0 N–H and O–H groups in total. The van der Waals surface area contributed by atoms with Crippen molar-refractivity contribution in [3.63, 3.8) is 0 Å². The molecule has 1 heteroatoms. The summed E-state index contributed by atoms with van der Waals surface area (Å²) in [6.07, 6.45) is 11.8. The van der Waals surface area contributed by atoms with Crippen LogP contribution in [0, 0.1) is 0 Å². The summed E-state index contributed by atoms with van der Waals surface area (Å²) >= 11 is 0. The van der Waals surface area contributed by atoms with Crippen LogP contribution in [-0.4, -0.2) is 24.5 Å². The first-order valence-electron chi connectivity index (χ1n) is 6.10. The SMILES string of the molecule is C=C/C=C(C)\C=C/C(=C)CCN1CCCC1. The smallest absolute Gasteiger partial charge is 0.00216 e. The van der Waals surface area contributed by atoms with Gasteiger partial charge < -0.3 is 4.90 Å². The average molecular weight is 217 g/mol. The van der Waals surface area contributed by atoms with Gasteiger partial charge in [0, 0.05) is 6.54 Å². The molecule has 0 bridgehead atoms. The fourth-order valence-corrected chi connectivity index (χ4v) is 1.88. The van der Waals surface area contributed by atoms with Gasteiger partial charge in [0.05, 0.1) is 0 Å². The summed E-state index contributed by atoms with van der Waals surface area (Å²) in [5.74, 6) is 0. The van der Waals surface area contributed by atoms with E-state index >= 15 is 0 Å². The number of likely N-dealkylation sites (tertiary alicyclic amines) is 1. The lowest BCUT2D eigenvalue weighted by molar-refractivity contribution is 0.344. The highest BCUT2D eigenvalue weighted by Crippen LogP contribution is 2.10. The molecular formula is C15H23N. The Labute approximate surface area is 99.8 Å². The number of hydrogen-bond acceptors (Lipinski definition) is 1. The number of rotatable bonds is 6. The second-order valence-corrected chi connectivity index (χ2v) is 4.44. The lowest BCUT2D eigenvalue weighted by Gasteiger charge is -2.13. The first-order valence-corrected chi connectivity index (χ1v) is 6.10. The largest absolute Gasteiger partial charge is 0.303 e. The maximum absolute atomic E-state index is 4.08. The van der Waals surface area contributed by atoms with E-state index in [0.717, 1.165) is 13.0 Å². The van der Waals surface area contributed by atoms with Crippen LogP contribution in [0.4, 0.5) is 0 Å². The van der Waals surface area contributed by atoms with Gasteiger partial charge in [0.2, 0.25) is 0 Å². The summed E-state index contributed by atoms with van der Waals surface area (Å²) < 4.78 is 0. The van der Waals surface area contributed by atoms with Crippen LogP contribution in [0.3, 0.4) is 0 Å². The zero-order chi connectivity index (χ0) is 11.8. The van der Waals surface area contributed by atoms with Crippen LogP contribution in [0.25, 0.3) is 0 Å². The van der Waals surface area contributed by atoms with Crippen LogP contribution in [0.5, 0.6) is 0 Å². The van der Waals surface area contributed by atoms with Gasteiger partial charge in [-0.2, -0.15) is 0 Å². The van der Waals surface area contributed by atoms with Crippen molar-refractivity contribution in [1.82, 2.24) is 4.90 Å². The summed E-state index contributed by atoms with van der Waals surface area (Å²) in [4.78, 5) is 2.52. The Morgan fingerprint density at radius 2 is 1.94 bits per heavy atom. The molecule has 1 nitrogen and oxygen atoms in total. The molecule has 0 radical (unpaired) electrons. The third kappa shape index (κ3) is 5.13. The van der Waals surface area contributed by atoms with E-state index in [1.165, 1.54) is 37.1 Å². The van der Waals surface area contributed by atoms with Crippen LogP contribution in [-0.2, 0) is 0 Å². The van der Waals surface area contributed by atoms with Gasteiger partial charge in [0.1, 0.15) is 0 Å². The Morgan fingerprint density at radius 1 is 1.25 bits per heavy atom. The van der Waals surface area contributed by atoms with E-state index in [4.69, 9.17) is 0 Å². The van der Waals surface area contributed by atoms with Crippen LogP contribution in [0.1, 0.15) is 26.2 Å². The third-order valence-electron chi connectivity index (χ3n) is 2.91. The van der Waals surface area contributed by atoms with Crippen LogP contribution in [0.15, 0.2) is 48.6 Å². The molecule has 0 aromatic carbocycles. The van der Waals surface area contributed by atoms with Gasteiger partial charge in [-0.1, -0.05) is 48.6 Å². The van der Waals surface area contributed by atoms with E-state index < -0.39 is 0 Å². The zero-order valence-electron chi connectivity index (χ0n) is 10.4. The minimum Gasteiger partial charge on any atom is -0.303 e. The normalized spacial score (nSPS) is 18.2. The van der Waals surface area contributed by atoms with E-state index in [2.05, 4.69) is 37.1 Å². The molecule has 0 amide bonds. The highest BCUT2D eigenvalue weighted by Gasteiger charge is 2.10. The Balaban J connectivity index is 2.24. The Kier molecular flexibility index (Phi) is 5.87. The molecule has 16 heavy (non-hydrogen) atoms. The van der Waals surface area contributed by atoms with Crippen LogP contribution >= 0.6 is 0 Å². The van der Waals surface area contributed by atoms with Crippen molar-refractivity contribution in [2.75, 3.05) is 19.6 Å². The first-order chi connectivity index (χ1) is 7.72. The lowest BCUT2D eigenvalue weighted by atomic mass is 10.1. The Bertz CT molecular complexity index is 291. The van der Waals surface area contributed by atoms with Crippen LogP contribution < -0.4 is 0 Å². The number of allylic oxidation sites excluding steroid dienone is 5. The third-order valence-corrected chi connectivity index (χ3v) is 2.91. The topological polar surface area (TPSA) is 3.24 Å². The molecule has 0 unspecified atom stereocenters. The second-order valence-electron chi connectivity index (χ2n) is 4.44. The fraction of sp³-hybridized carbons (Fsp3) is 0.467. The quantitative estimate of drug-likeness (QED) is 0.613. The predicted octanol–water partition coefficient (Wildman–Crippen LogP) is 3.72. The minimum absolute atomic E-state index is 1.08. The molecule has 0 aromatic heterocycles. The van der Waals surface area contributed by atoms with Crippen LogP contribution in [0.2, 0.25) is 0 Å². The molecule has 0 atom stereocenters. The molecule has 1 saturated heterocycles. The second kappa shape index (κ2) is 7.24. The van der Waals surface area contributed by atoms with Gasteiger partial charge in [0.25, 0.3) is 0 Å². The van der Waals surface area contributed by atoms with Crippen molar-refractivity contribution >= 4 is 0 Å². The Hall–Kier alpha value is -1.08. The maximum Gasteiger partial charge on any atom is 0.00216 e. The molecule has 0 spiro atoms. The molecule has 1 fully saturated rings. The van der Waals surface area contributed by atoms with E-state index in [1.54, 1.807) is 0 Å². The summed E-state index contributed by atoms with van der Waals surface area (Å²) in [7, 11) is 0. The summed E-state index contributed by atoms with van der Waals surface area (Å²) in [6.45, 7) is 13.5. The van der Waals surface area contributed by atoms with Gasteiger partial charge in [-0.3, -0.25) is 0 Å². The molecule has 1 rings (SSSR count). The fourth-order valence-electron chi connectivity index (χ4n) is 1.88. The standard InChI is InChI=1S/C15H23N/c1-4-7-14(2)8-9-15(3)10-13-16-11-5-6-12-16/h4,7-9H,1,3,5-6,10-13H2,2H3/b9-8-,14-7-. The predicted molar refractivity (Wildman–Crippen MR) is 72.5 cm³/mol. The highest BCUT2D eigenvalue weighted by molar-refractivity contribution is 5.27. The van der Waals surface area contributed by atoms with E-state index in [0.29, 0.717) is 0 Å². The van der Waals surface area contributed by atoms with Crippen molar-refractivity contribution in [2.24, 2.45) is 0 Å². The van der Waals surface area contributed by atoms with Gasteiger partial charge in [0.15, 0.2) is 0 Å². The average Bonchev–Trinajstić information content (AvgIpc) is 2.77. The van der Waals surface area contributed by atoms with Gasteiger partial charge in [-0.15, -0.1) is 0 Å². The molecule has 1 aliphatic rings. The molecule has 1 heterocycles. The lowest BCUT2D eigenvalue weighted by Crippen LogP contribution is -2.20. The molecule has 0 aromatic rings. The van der Waals surface area contributed by atoms with E-state index in [-0.39, 0.29) is 0 Å². The number of hydrogen-bond donors (Lipinski definition) is 0. The van der Waals surface area contributed by atoms with Crippen molar-refractivity contribution in [3.8, 4) is 0 Å². The van der Waals surface area contributed by atoms with E-state index in [1.807, 2.05) is 12.2 Å². The van der Waals surface area contributed by atoms with Gasteiger partial charge in [-0.05, 0) is 39.3 Å². The molecule has 88 valence electrons. The molecule has 1 aliphatic heterocycles. The van der Waals surface area contributed by atoms with Crippen molar-refractivity contribution in [3.05, 3.63) is 48.6 Å². The first kappa shape index (κ1) is 13.0. The van der Waals surface area contributed by atoms with Crippen molar-refractivity contribution in [2.45, 2.75) is 26.2 Å². The maximum atomic E-state index is 4.08. The van der Waals surface area contributed by atoms with Crippen molar-refractivity contribution < 1.29 is 0 Å². The Morgan fingerprint density at radius 3 is 2.56 bits per heavy atom. The summed E-state index contributed by atoms with van der Waals surface area (Å²) in [6, 6.07) is 0. The van der Waals surface area contributed by atoms with Gasteiger partial charge in [-0.25, -0.2) is 0 Å². The summed E-state index contributed by atoms with van der Waals surface area (Å²) in [5.41, 5.74) is 2.43.